The number of aromatic hydroxyl groups is 1. The maximum Gasteiger partial charge on any atom is 0.238 e. The van der Waals surface area contributed by atoms with Crippen molar-refractivity contribution in [2.24, 2.45) is 0 Å². The van der Waals surface area contributed by atoms with Crippen LogP contribution in [0.25, 0.3) is 22.3 Å². The van der Waals surface area contributed by atoms with Crippen LogP contribution < -0.4 is 19.6 Å². The highest BCUT2D eigenvalue weighted by molar-refractivity contribution is 5.91. The molecule has 0 saturated heterocycles. The second kappa shape index (κ2) is 9.06. The van der Waals surface area contributed by atoms with E-state index in [0.29, 0.717) is 11.3 Å². The molecule has 6 nitrogen and oxygen atoms in total. The molecular formula is C26H24O6. The normalized spacial score (nSPS) is 11.0. The Kier molecular flexibility index (Phi) is 6.03. The van der Waals surface area contributed by atoms with Crippen molar-refractivity contribution in [1.82, 2.24) is 0 Å². The van der Waals surface area contributed by atoms with Gasteiger partial charge in [0.1, 0.15) is 17.6 Å². The molecule has 3 aromatic carbocycles. The van der Waals surface area contributed by atoms with E-state index >= 15 is 0 Å². The van der Waals surface area contributed by atoms with Gasteiger partial charge < -0.3 is 23.7 Å². The van der Waals surface area contributed by atoms with Gasteiger partial charge in [-0.3, -0.25) is 4.79 Å². The molecule has 0 spiro atoms. The van der Waals surface area contributed by atoms with Crippen LogP contribution in [-0.2, 0) is 6.61 Å². The van der Waals surface area contributed by atoms with Crippen LogP contribution in [-0.4, -0.2) is 18.3 Å². The van der Waals surface area contributed by atoms with Crippen molar-refractivity contribution < 1.29 is 23.7 Å². The first-order chi connectivity index (χ1) is 15.5. The first-order valence-electron chi connectivity index (χ1n) is 10.3. The van der Waals surface area contributed by atoms with Gasteiger partial charge in [0.2, 0.25) is 16.9 Å². The van der Waals surface area contributed by atoms with E-state index in [4.69, 9.17) is 18.6 Å². The molecule has 1 aromatic heterocycles. The van der Waals surface area contributed by atoms with Crippen molar-refractivity contribution in [2.75, 3.05) is 7.11 Å². The molecule has 1 heterocycles. The lowest BCUT2D eigenvalue weighted by Crippen LogP contribution is -2.12. The monoisotopic (exact) mass is 432 g/mol. The highest BCUT2D eigenvalue weighted by Crippen LogP contribution is 2.45. The minimum atomic E-state index is -0.603. The van der Waals surface area contributed by atoms with Gasteiger partial charge in [0.25, 0.3) is 0 Å². The lowest BCUT2D eigenvalue weighted by Gasteiger charge is -2.19. The van der Waals surface area contributed by atoms with Gasteiger partial charge in [0.05, 0.1) is 13.2 Å². The topological polar surface area (TPSA) is 78.1 Å². The van der Waals surface area contributed by atoms with Crippen molar-refractivity contribution in [3.63, 3.8) is 0 Å². The molecule has 0 amide bonds. The van der Waals surface area contributed by atoms with Crippen LogP contribution in [0, 0.1) is 0 Å². The quantitative estimate of drug-likeness (QED) is 0.413. The fraction of sp³-hybridized carbons (Fsp3) is 0.192. The van der Waals surface area contributed by atoms with Crippen LogP contribution in [0.15, 0.2) is 75.9 Å². The third-order valence-electron chi connectivity index (χ3n) is 4.87. The van der Waals surface area contributed by atoms with Gasteiger partial charge in [-0.25, -0.2) is 0 Å². The zero-order valence-corrected chi connectivity index (χ0v) is 18.1. The Bertz CT molecular complexity index is 1280. The molecule has 4 rings (SSSR count). The van der Waals surface area contributed by atoms with E-state index in [1.54, 1.807) is 30.3 Å². The summed E-state index contributed by atoms with van der Waals surface area (Å²) >= 11 is 0. The summed E-state index contributed by atoms with van der Waals surface area (Å²) in [5.41, 5.74) is 1.18. The number of fused-ring (bicyclic) bond motifs is 1. The number of hydrogen-bond acceptors (Lipinski definition) is 6. The van der Waals surface area contributed by atoms with Crippen LogP contribution in [0.5, 0.6) is 23.0 Å². The number of hydrogen-bond donors (Lipinski definition) is 1. The zero-order chi connectivity index (χ0) is 22.7. The van der Waals surface area contributed by atoms with Crippen molar-refractivity contribution >= 4 is 11.0 Å². The molecule has 0 aliphatic rings. The van der Waals surface area contributed by atoms with Crippen molar-refractivity contribution in [2.45, 2.75) is 26.6 Å². The van der Waals surface area contributed by atoms with Gasteiger partial charge in [0.15, 0.2) is 17.3 Å². The van der Waals surface area contributed by atoms with Gasteiger partial charge in [0, 0.05) is 11.6 Å². The molecule has 6 heteroatoms. The second-order valence-electron chi connectivity index (χ2n) is 7.53. The number of methoxy groups -OCH3 is 1. The summed E-state index contributed by atoms with van der Waals surface area (Å²) in [6.45, 7) is 3.96. The molecule has 0 radical (unpaired) electrons. The highest BCUT2D eigenvalue weighted by Gasteiger charge is 2.25. The summed E-state index contributed by atoms with van der Waals surface area (Å²) in [6.07, 6.45) is -0.258. The minimum absolute atomic E-state index is 0.0813. The Morgan fingerprint density at radius 2 is 1.62 bits per heavy atom. The predicted octanol–water partition coefficient (Wildman–Crippen LogP) is 5.54. The molecule has 0 saturated carbocycles. The maximum atomic E-state index is 13.2. The summed E-state index contributed by atoms with van der Waals surface area (Å²) < 4.78 is 23.6. The fourth-order valence-electron chi connectivity index (χ4n) is 3.44. The fourth-order valence-corrected chi connectivity index (χ4v) is 3.44. The van der Waals surface area contributed by atoms with E-state index in [0.717, 1.165) is 5.56 Å². The van der Waals surface area contributed by atoms with E-state index in [2.05, 4.69) is 0 Å². The molecule has 1 N–H and O–H groups in total. The molecule has 0 fully saturated rings. The Hall–Kier alpha value is -3.93. The lowest BCUT2D eigenvalue weighted by atomic mass is 10.1. The number of benzene rings is 3. The average molecular weight is 432 g/mol. The Balaban J connectivity index is 1.93. The van der Waals surface area contributed by atoms with Crippen molar-refractivity contribution in [1.29, 1.82) is 0 Å². The first kappa shape index (κ1) is 21.3. The van der Waals surface area contributed by atoms with Crippen LogP contribution in [0.4, 0.5) is 0 Å². The maximum absolute atomic E-state index is 13.2. The summed E-state index contributed by atoms with van der Waals surface area (Å²) in [7, 11) is 1.48. The smallest absolute Gasteiger partial charge is 0.238 e. The van der Waals surface area contributed by atoms with Gasteiger partial charge in [-0.2, -0.15) is 0 Å². The SMILES string of the molecule is COc1c(OCc2ccccc2)cc2oc(-c3ccccc3)c(O)c(=O)c2c1OC(C)C. The molecular weight excluding hydrogens is 408 g/mol. The van der Waals surface area contributed by atoms with Gasteiger partial charge in [-0.1, -0.05) is 60.7 Å². The van der Waals surface area contributed by atoms with E-state index in [-0.39, 0.29) is 40.9 Å². The molecule has 0 unspecified atom stereocenters. The van der Waals surface area contributed by atoms with Crippen LogP contribution >= 0.6 is 0 Å². The first-order valence-corrected chi connectivity index (χ1v) is 10.3. The molecule has 0 aliphatic heterocycles. The average Bonchev–Trinajstić information content (AvgIpc) is 2.80. The molecule has 164 valence electrons. The third-order valence-corrected chi connectivity index (χ3v) is 4.87. The van der Waals surface area contributed by atoms with Crippen LogP contribution in [0.3, 0.4) is 0 Å². The van der Waals surface area contributed by atoms with Crippen molar-refractivity contribution in [3.8, 4) is 34.3 Å². The summed E-state index contributed by atoms with van der Waals surface area (Å²) in [5, 5.41) is 10.8. The Morgan fingerprint density at radius 1 is 0.969 bits per heavy atom. The third kappa shape index (κ3) is 4.12. The van der Waals surface area contributed by atoms with E-state index < -0.39 is 11.2 Å². The molecule has 32 heavy (non-hydrogen) atoms. The summed E-state index contributed by atoms with van der Waals surface area (Å²) in [6, 6.07) is 20.2. The largest absolute Gasteiger partial charge is 0.502 e. The lowest BCUT2D eigenvalue weighted by molar-refractivity contribution is 0.224. The van der Waals surface area contributed by atoms with E-state index in [1.165, 1.54) is 7.11 Å². The molecule has 0 aliphatic carbocycles. The Labute approximate surface area is 185 Å². The highest BCUT2D eigenvalue weighted by atomic mass is 16.5. The minimum Gasteiger partial charge on any atom is -0.502 e. The zero-order valence-electron chi connectivity index (χ0n) is 18.1. The van der Waals surface area contributed by atoms with E-state index in [1.807, 2.05) is 50.2 Å². The predicted molar refractivity (Wildman–Crippen MR) is 123 cm³/mol. The number of rotatable bonds is 7. The van der Waals surface area contributed by atoms with Gasteiger partial charge in [-0.15, -0.1) is 0 Å². The van der Waals surface area contributed by atoms with Crippen LogP contribution in [0.2, 0.25) is 0 Å². The summed E-state index contributed by atoms with van der Waals surface area (Å²) in [4.78, 5) is 13.2. The standard InChI is InChI=1S/C26H24O6/c1-16(2)31-26-21-19(32-24(23(28)22(21)27)18-12-8-5-9-13-18)14-20(25(26)29-3)30-15-17-10-6-4-7-11-17/h4-14,16,28H,15H2,1-3H3. The van der Waals surface area contributed by atoms with Crippen LogP contribution in [0.1, 0.15) is 19.4 Å². The summed E-state index contributed by atoms with van der Waals surface area (Å²) in [5.74, 6) is 0.399. The van der Waals surface area contributed by atoms with Gasteiger partial charge >= 0.3 is 0 Å². The van der Waals surface area contributed by atoms with Crippen molar-refractivity contribution in [3.05, 3.63) is 82.5 Å². The Morgan fingerprint density at radius 3 is 2.25 bits per heavy atom. The number of ether oxygens (including phenoxy) is 3. The molecule has 0 bridgehead atoms. The van der Waals surface area contributed by atoms with E-state index in [9.17, 15) is 9.90 Å². The van der Waals surface area contributed by atoms with Gasteiger partial charge in [-0.05, 0) is 19.4 Å². The second-order valence-corrected chi connectivity index (χ2v) is 7.53. The molecule has 4 aromatic rings. The molecule has 0 atom stereocenters.